The van der Waals surface area contributed by atoms with Crippen LogP contribution in [0.25, 0.3) is 17.2 Å². The molecule has 5 rings (SSSR count). The molecule has 3 aromatic rings. The molecule has 2 aliphatic rings. The van der Waals surface area contributed by atoms with Crippen molar-refractivity contribution in [1.82, 2.24) is 29.5 Å². The molecule has 1 aliphatic carbocycles. The number of fused-ring (bicyclic) bond motifs is 3. The number of nitrogens with zero attached hydrogens (tertiary/aromatic N) is 6. The van der Waals surface area contributed by atoms with E-state index < -0.39 is 0 Å². The number of rotatable bonds is 5. The fraction of sp³-hybridized carbons (Fsp3) is 0.462. The van der Waals surface area contributed by atoms with Crippen LogP contribution in [0, 0.1) is 12.8 Å². The Balaban J connectivity index is 1.40. The van der Waals surface area contributed by atoms with Crippen molar-refractivity contribution in [3.05, 3.63) is 53.0 Å². The van der Waals surface area contributed by atoms with Gasteiger partial charge in [0.25, 0.3) is 11.9 Å². The Morgan fingerprint density at radius 1 is 1.24 bits per heavy atom. The zero-order valence-electron chi connectivity index (χ0n) is 20.4. The van der Waals surface area contributed by atoms with Gasteiger partial charge >= 0.3 is 0 Å². The van der Waals surface area contributed by atoms with Gasteiger partial charge < -0.3 is 14.5 Å². The number of carbonyl (C=O) groups is 1. The number of aryl methyl sites for hydroxylation is 2. The van der Waals surface area contributed by atoms with Crippen LogP contribution in [-0.2, 0) is 12.8 Å². The fourth-order valence-electron chi connectivity index (χ4n) is 5.24. The summed E-state index contributed by atoms with van der Waals surface area (Å²) in [4.78, 5) is 26.9. The second-order valence-electron chi connectivity index (χ2n) is 9.58. The van der Waals surface area contributed by atoms with Crippen LogP contribution in [0.5, 0.6) is 5.75 Å². The van der Waals surface area contributed by atoms with Gasteiger partial charge in [0.1, 0.15) is 5.75 Å². The van der Waals surface area contributed by atoms with E-state index in [9.17, 15) is 4.79 Å². The first kappa shape index (κ1) is 22.5. The van der Waals surface area contributed by atoms with Gasteiger partial charge in [0.15, 0.2) is 0 Å². The Morgan fingerprint density at radius 3 is 2.85 bits per heavy atom. The second kappa shape index (κ2) is 9.18. The first-order valence-corrected chi connectivity index (χ1v) is 12.0. The maximum absolute atomic E-state index is 13.2. The van der Waals surface area contributed by atoms with Crippen LogP contribution in [0.4, 0.5) is 0 Å². The van der Waals surface area contributed by atoms with E-state index in [1.54, 1.807) is 18.0 Å². The van der Waals surface area contributed by atoms with Gasteiger partial charge in [-0.3, -0.25) is 4.79 Å². The molecule has 0 saturated carbocycles. The highest BCUT2D eigenvalue weighted by Crippen LogP contribution is 2.34. The first-order chi connectivity index (χ1) is 16.4. The molecule has 1 saturated heterocycles. The highest BCUT2D eigenvalue weighted by molar-refractivity contribution is 5.95. The lowest BCUT2D eigenvalue weighted by Crippen LogP contribution is -2.40. The summed E-state index contributed by atoms with van der Waals surface area (Å²) in [6, 6.07) is 6.10. The van der Waals surface area contributed by atoms with Crippen molar-refractivity contribution in [2.45, 2.75) is 32.6 Å². The Hall–Kier alpha value is -3.26. The zero-order valence-corrected chi connectivity index (χ0v) is 20.4. The summed E-state index contributed by atoms with van der Waals surface area (Å²) < 4.78 is 7.06. The Kier molecular flexibility index (Phi) is 6.08. The quantitative estimate of drug-likeness (QED) is 0.582. The van der Waals surface area contributed by atoms with Gasteiger partial charge in [-0.25, -0.2) is 14.6 Å². The maximum Gasteiger partial charge on any atom is 0.257 e. The Labute approximate surface area is 200 Å². The average molecular weight is 461 g/mol. The van der Waals surface area contributed by atoms with Crippen LogP contribution < -0.4 is 4.74 Å². The number of aromatic nitrogens is 4. The number of likely N-dealkylation sites (tertiary alicyclic amines) is 1. The molecule has 1 fully saturated rings. The van der Waals surface area contributed by atoms with E-state index >= 15 is 0 Å². The normalized spacial score (nSPS) is 17.7. The number of amides is 1. The number of hydrogen-bond acceptors (Lipinski definition) is 6. The van der Waals surface area contributed by atoms with Crippen molar-refractivity contribution in [1.29, 1.82) is 0 Å². The molecule has 0 radical (unpaired) electrons. The third-order valence-electron chi connectivity index (χ3n) is 7.11. The molecule has 2 aromatic heterocycles. The lowest BCUT2D eigenvalue weighted by molar-refractivity contribution is 0.0740. The topological polar surface area (TPSA) is 76.4 Å². The van der Waals surface area contributed by atoms with Crippen molar-refractivity contribution >= 4 is 5.91 Å². The van der Waals surface area contributed by atoms with Crippen LogP contribution in [-0.4, -0.2) is 76.3 Å². The van der Waals surface area contributed by atoms with Gasteiger partial charge in [-0.1, -0.05) is 0 Å². The number of ether oxygens (including phenoxy) is 1. The zero-order chi connectivity index (χ0) is 23.8. The minimum atomic E-state index is -0.00706. The monoisotopic (exact) mass is 460 g/mol. The Bertz CT molecular complexity index is 1220. The lowest BCUT2D eigenvalue weighted by atomic mass is 9.90. The van der Waals surface area contributed by atoms with Crippen molar-refractivity contribution in [2.75, 3.05) is 40.8 Å². The third kappa shape index (κ3) is 4.18. The van der Waals surface area contributed by atoms with Crippen molar-refractivity contribution in [3.63, 3.8) is 0 Å². The van der Waals surface area contributed by atoms with E-state index in [0.29, 0.717) is 17.4 Å². The summed E-state index contributed by atoms with van der Waals surface area (Å²) in [5.74, 6) is 1.83. The molecule has 8 heteroatoms. The molecule has 1 amide bonds. The molecule has 0 bridgehead atoms. The highest BCUT2D eigenvalue weighted by atomic mass is 16.5. The molecule has 1 unspecified atom stereocenters. The fourth-order valence-corrected chi connectivity index (χ4v) is 5.24. The van der Waals surface area contributed by atoms with Crippen LogP contribution in [0.2, 0.25) is 0 Å². The molecule has 0 N–H and O–H groups in total. The van der Waals surface area contributed by atoms with E-state index in [0.717, 1.165) is 67.2 Å². The van der Waals surface area contributed by atoms with Crippen LogP contribution >= 0.6 is 0 Å². The van der Waals surface area contributed by atoms with E-state index in [1.807, 2.05) is 31.1 Å². The molecular weight excluding hydrogens is 428 g/mol. The molecule has 34 heavy (non-hydrogen) atoms. The summed E-state index contributed by atoms with van der Waals surface area (Å²) >= 11 is 0. The minimum Gasteiger partial charge on any atom is -0.497 e. The number of hydrogen-bond donors (Lipinski definition) is 0. The van der Waals surface area contributed by atoms with Gasteiger partial charge in [-0.2, -0.15) is 5.10 Å². The summed E-state index contributed by atoms with van der Waals surface area (Å²) in [5.41, 5.74) is 5.72. The van der Waals surface area contributed by atoms with E-state index in [2.05, 4.69) is 34.2 Å². The summed E-state index contributed by atoms with van der Waals surface area (Å²) in [7, 11) is 5.72. The molecule has 3 heterocycles. The maximum atomic E-state index is 13.2. The summed E-state index contributed by atoms with van der Waals surface area (Å²) in [5, 5.41) is 4.50. The summed E-state index contributed by atoms with van der Waals surface area (Å²) in [6.07, 6.45) is 7.70. The summed E-state index contributed by atoms with van der Waals surface area (Å²) in [6.45, 7) is 4.83. The molecule has 8 nitrogen and oxygen atoms in total. The van der Waals surface area contributed by atoms with Crippen LogP contribution in [0.3, 0.4) is 0 Å². The molecule has 1 aromatic carbocycles. The SMILES string of the molecule is COc1ccc2c(c1)CCc1cnc(-n3ncc(C(=O)N(C)CC4CCCN(C)C4)c3C)nc1-2. The number of piperidine rings is 1. The van der Waals surface area contributed by atoms with Crippen molar-refractivity contribution in [2.24, 2.45) is 5.92 Å². The first-order valence-electron chi connectivity index (χ1n) is 12.0. The minimum absolute atomic E-state index is 0.00706. The number of carbonyl (C=O) groups excluding carboxylic acids is 1. The van der Waals surface area contributed by atoms with Gasteiger partial charge in [0, 0.05) is 31.9 Å². The third-order valence-corrected chi connectivity index (χ3v) is 7.11. The standard InChI is InChI=1S/C26H32N6O2/c1-17-23(25(33)31(3)16-18-6-5-11-30(2)15-18)14-28-32(17)26-27-13-20-8-7-19-12-21(34-4)9-10-22(19)24(20)29-26/h9-10,12-14,18H,5-8,11,15-16H2,1-4H3. The molecule has 1 atom stereocenters. The largest absolute Gasteiger partial charge is 0.497 e. The van der Waals surface area contributed by atoms with Gasteiger partial charge in [-0.05, 0) is 81.4 Å². The predicted molar refractivity (Wildman–Crippen MR) is 130 cm³/mol. The van der Waals surface area contributed by atoms with Gasteiger partial charge in [-0.15, -0.1) is 0 Å². The highest BCUT2D eigenvalue weighted by Gasteiger charge is 2.25. The van der Waals surface area contributed by atoms with E-state index in [4.69, 9.17) is 9.72 Å². The Morgan fingerprint density at radius 2 is 2.06 bits per heavy atom. The molecule has 1 aliphatic heterocycles. The molecule has 0 spiro atoms. The predicted octanol–water partition coefficient (Wildman–Crippen LogP) is 3.16. The molecule has 178 valence electrons. The number of methoxy groups -OCH3 is 1. The number of benzene rings is 1. The van der Waals surface area contributed by atoms with Crippen LogP contribution in [0.1, 0.15) is 40.0 Å². The van der Waals surface area contributed by atoms with Crippen molar-refractivity contribution < 1.29 is 9.53 Å². The lowest BCUT2D eigenvalue weighted by Gasteiger charge is -2.32. The average Bonchev–Trinajstić information content (AvgIpc) is 3.23. The van der Waals surface area contributed by atoms with E-state index in [1.165, 1.54) is 12.0 Å². The van der Waals surface area contributed by atoms with Crippen molar-refractivity contribution in [3.8, 4) is 23.0 Å². The van der Waals surface area contributed by atoms with Crippen LogP contribution in [0.15, 0.2) is 30.6 Å². The smallest absolute Gasteiger partial charge is 0.257 e. The van der Waals surface area contributed by atoms with Gasteiger partial charge in [0.2, 0.25) is 0 Å². The van der Waals surface area contributed by atoms with Gasteiger partial charge in [0.05, 0.1) is 30.3 Å². The van der Waals surface area contributed by atoms with E-state index in [-0.39, 0.29) is 5.91 Å². The second-order valence-corrected chi connectivity index (χ2v) is 9.58. The molecular formula is C26H32N6O2.